The Morgan fingerprint density at radius 1 is 1.43 bits per heavy atom. The molecule has 0 radical (unpaired) electrons. The van der Waals surface area contributed by atoms with Crippen LogP contribution in [-0.4, -0.2) is 42.6 Å². The van der Waals surface area contributed by atoms with Crippen molar-refractivity contribution in [2.75, 3.05) is 6.54 Å². The van der Waals surface area contributed by atoms with Gasteiger partial charge >= 0.3 is 0 Å². The van der Waals surface area contributed by atoms with Gasteiger partial charge in [-0.1, -0.05) is 37.0 Å². The molecule has 2 rings (SSSR count). The maximum absolute atomic E-state index is 12.7. The van der Waals surface area contributed by atoms with Gasteiger partial charge in [0.25, 0.3) is 11.9 Å². The molecule has 0 saturated carbocycles. The topological polar surface area (TPSA) is 72.5 Å². The first kappa shape index (κ1) is 17.7. The fourth-order valence-electron chi connectivity index (χ4n) is 2.65. The highest BCUT2D eigenvalue weighted by atomic mass is 32.2. The van der Waals surface area contributed by atoms with Crippen LogP contribution in [0.15, 0.2) is 24.3 Å². The summed E-state index contributed by atoms with van der Waals surface area (Å²) < 4.78 is 1.22. The fourth-order valence-corrected chi connectivity index (χ4v) is 4.58. The molecule has 1 aliphatic rings. The molecule has 6 nitrogen and oxygen atoms in total. The van der Waals surface area contributed by atoms with Gasteiger partial charge in [-0.3, -0.25) is 15.0 Å². The Hall–Kier alpha value is -1.67. The number of hydrogen-bond acceptors (Lipinski definition) is 5. The van der Waals surface area contributed by atoms with E-state index >= 15 is 0 Å². The summed E-state index contributed by atoms with van der Waals surface area (Å²) in [4.78, 5) is 12.3. The van der Waals surface area contributed by atoms with Gasteiger partial charge < -0.3 is 5.21 Å². The van der Waals surface area contributed by atoms with Crippen LogP contribution in [0.4, 0.5) is 5.69 Å². The van der Waals surface area contributed by atoms with E-state index in [1.807, 2.05) is 25.7 Å². The SMILES string of the molecule is CCCN1C(=S)SC(C)(C)[C@H]1[N+]([O-])=Cc1cccc([N+](=O)[O-])c1. The molecule has 1 heterocycles. The predicted molar refractivity (Wildman–Crippen MR) is 96.9 cm³/mol. The molecular formula is C15H19N3O3S2. The van der Waals surface area contributed by atoms with E-state index < -0.39 is 11.1 Å². The van der Waals surface area contributed by atoms with Gasteiger partial charge in [0, 0.05) is 24.2 Å². The predicted octanol–water partition coefficient (Wildman–Crippen LogP) is 3.37. The van der Waals surface area contributed by atoms with E-state index in [4.69, 9.17) is 12.2 Å². The van der Waals surface area contributed by atoms with Crippen molar-refractivity contribution in [3.8, 4) is 0 Å². The second kappa shape index (κ2) is 6.84. The third kappa shape index (κ3) is 3.81. The Kier molecular flexibility index (Phi) is 5.26. The zero-order valence-corrected chi connectivity index (χ0v) is 14.9. The monoisotopic (exact) mass is 353 g/mol. The largest absolute Gasteiger partial charge is 0.622 e. The highest BCUT2D eigenvalue weighted by molar-refractivity contribution is 8.24. The number of non-ortho nitro benzene ring substituents is 1. The van der Waals surface area contributed by atoms with Crippen LogP contribution in [-0.2, 0) is 0 Å². The molecule has 0 aromatic heterocycles. The zero-order chi connectivity index (χ0) is 17.2. The highest BCUT2D eigenvalue weighted by Crippen LogP contribution is 2.41. The molecule has 0 N–H and O–H groups in total. The van der Waals surface area contributed by atoms with E-state index in [1.54, 1.807) is 12.1 Å². The Morgan fingerprint density at radius 2 is 2.13 bits per heavy atom. The molecule has 1 aromatic rings. The molecule has 1 aromatic carbocycles. The van der Waals surface area contributed by atoms with E-state index in [1.165, 1.54) is 30.1 Å². The maximum atomic E-state index is 12.7. The Balaban J connectivity index is 2.36. The average Bonchev–Trinajstić information content (AvgIpc) is 2.68. The molecule has 8 heteroatoms. The summed E-state index contributed by atoms with van der Waals surface area (Å²) in [6.45, 7) is 6.71. The zero-order valence-electron chi connectivity index (χ0n) is 13.3. The molecule has 1 atom stereocenters. The summed E-state index contributed by atoms with van der Waals surface area (Å²) in [7, 11) is 0. The Bertz CT molecular complexity index is 661. The minimum atomic E-state index is -0.472. The second-order valence-electron chi connectivity index (χ2n) is 5.88. The number of rotatable bonds is 5. The number of hydroxylamine groups is 1. The van der Waals surface area contributed by atoms with Gasteiger partial charge in [-0.15, -0.1) is 0 Å². The van der Waals surface area contributed by atoms with Gasteiger partial charge in [-0.25, -0.2) is 0 Å². The highest BCUT2D eigenvalue weighted by Gasteiger charge is 2.49. The van der Waals surface area contributed by atoms with E-state index in [0.29, 0.717) is 12.1 Å². The minimum absolute atomic E-state index is 0.0341. The Labute approximate surface area is 144 Å². The van der Waals surface area contributed by atoms with Crippen molar-refractivity contribution in [1.82, 2.24) is 4.90 Å². The first-order chi connectivity index (χ1) is 10.8. The quantitative estimate of drug-likeness (QED) is 0.202. The van der Waals surface area contributed by atoms with Gasteiger partial charge in [0.2, 0.25) is 0 Å². The average molecular weight is 353 g/mol. The Morgan fingerprint density at radius 3 is 2.74 bits per heavy atom. The third-order valence-corrected chi connectivity index (χ3v) is 5.20. The molecule has 23 heavy (non-hydrogen) atoms. The van der Waals surface area contributed by atoms with Crippen LogP contribution in [0.3, 0.4) is 0 Å². The van der Waals surface area contributed by atoms with Crippen molar-refractivity contribution in [2.24, 2.45) is 0 Å². The van der Waals surface area contributed by atoms with Crippen LogP contribution in [0.25, 0.3) is 0 Å². The molecule has 1 saturated heterocycles. The van der Waals surface area contributed by atoms with Crippen molar-refractivity contribution in [3.05, 3.63) is 45.2 Å². The van der Waals surface area contributed by atoms with Crippen LogP contribution in [0, 0.1) is 15.3 Å². The van der Waals surface area contributed by atoms with Crippen molar-refractivity contribution < 1.29 is 9.66 Å². The van der Waals surface area contributed by atoms with Crippen LogP contribution >= 0.6 is 24.0 Å². The van der Waals surface area contributed by atoms with Crippen LogP contribution < -0.4 is 0 Å². The van der Waals surface area contributed by atoms with Gasteiger partial charge in [0.05, 0.1) is 4.92 Å². The first-order valence-corrected chi connectivity index (χ1v) is 8.53. The lowest BCUT2D eigenvalue weighted by Gasteiger charge is -2.29. The molecule has 0 unspecified atom stereocenters. The number of thiocarbonyl (C=S) groups is 1. The summed E-state index contributed by atoms with van der Waals surface area (Å²) in [5, 5.41) is 23.6. The molecule has 124 valence electrons. The number of nitrogens with zero attached hydrogens (tertiary/aromatic N) is 3. The van der Waals surface area contributed by atoms with Gasteiger partial charge in [-0.2, -0.15) is 4.74 Å². The lowest BCUT2D eigenvalue weighted by atomic mass is 10.1. The molecule has 1 aliphatic heterocycles. The summed E-state index contributed by atoms with van der Waals surface area (Å²) in [6.07, 6.45) is 1.85. The normalized spacial score (nSPS) is 20.8. The maximum Gasteiger partial charge on any atom is 0.270 e. The van der Waals surface area contributed by atoms with Gasteiger partial charge in [-0.05, 0) is 26.3 Å². The lowest BCUT2D eigenvalue weighted by molar-refractivity contribution is -0.523. The van der Waals surface area contributed by atoms with Crippen molar-refractivity contribution >= 4 is 40.2 Å². The van der Waals surface area contributed by atoms with Gasteiger partial charge in [0.15, 0.2) is 6.21 Å². The molecular weight excluding hydrogens is 334 g/mol. The minimum Gasteiger partial charge on any atom is -0.622 e. The molecule has 1 fully saturated rings. The van der Waals surface area contributed by atoms with E-state index in [2.05, 4.69) is 0 Å². The number of nitro groups is 1. The lowest BCUT2D eigenvalue weighted by Crippen LogP contribution is -2.48. The summed E-state index contributed by atoms with van der Waals surface area (Å²) in [5.41, 5.74) is 0.470. The summed E-state index contributed by atoms with van der Waals surface area (Å²) in [5.74, 6) is 0. The number of thioether (sulfide) groups is 1. The van der Waals surface area contributed by atoms with Crippen molar-refractivity contribution in [2.45, 2.75) is 38.1 Å². The number of benzene rings is 1. The molecule has 0 aliphatic carbocycles. The van der Waals surface area contributed by atoms with Crippen molar-refractivity contribution in [3.63, 3.8) is 0 Å². The van der Waals surface area contributed by atoms with E-state index in [0.717, 1.165) is 15.5 Å². The van der Waals surface area contributed by atoms with Crippen LogP contribution in [0.5, 0.6) is 0 Å². The molecule has 0 amide bonds. The standard InChI is InChI=1S/C15H19N3O3S2/c1-4-8-16-13(15(2,3)23-14(16)22)17(19)10-11-6-5-7-12(9-11)18(20)21/h5-7,9-10,13H,4,8H2,1-3H3/t13-/m1/s1. The summed E-state index contributed by atoms with van der Waals surface area (Å²) in [6, 6.07) is 6.04. The van der Waals surface area contributed by atoms with Crippen LogP contribution in [0.1, 0.15) is 32.8 Å². The van der Waals surface area contributed by atoms with E-state index in [9.17, 15) is 15.3 Å². The van der Waals surface area contributed by atoms with Crippen LogP contribution in [0.2, 0.25) is 0 Å². The smallest absolute Gasteiger partial charge is 0.270 e. The third-order valence-electron chi connectivity index (χ3n) is 3.56. The van der Waals surface area contributed by atoms with E-state index in [-0.39, 0.29) is 10.4 Å². The number of hydrogen-bond donors (Lipinski definition) is 0. The molecule has 0 bridgehead atoms. The molecule has 0 spiro atoms. The fraction of sp³-hybridized carbons (Fsp3) is 0.467. The van der Waals surface area contributed by atoms with Crippen molar-refractivity contribution in [1.29, 1.82) is 0 Å². The number of nitro benzene ring substituents is 1. The second-order valence-corrected chi connectivity index (χ2v) is 8.17. The summed E-state index contributed by atoms with van der Waals surface area (Å²) >= 11 is 6.90. The first-order valence-electron chi connectivity index (χ1n) is 7.30. The van der Waals surface area contributed by atoms with Gasteiger partial charge in [0.1, 0.15) is 9.07 Å².